The fraction of sp³-hybridized carbons (Fsp3) is 0.217. The van der Waals surface area contributed by atoms with Gasteiger partial charge in [0.2, 0.25) is 0 Å². The molecule has 0 atom stereocenters. The summed E-state index contributed by atoms with van der Waals surface area (Å²) < 4.78 is 0. The van der Waals surface area contributed by atoms with Crippen LogP contribution >= 0.6 is 0 Å². The van der Waals surface area contributed by atoms with E-state index in [0.29, 0.717) is 6.42 Å². The number of hydrogen-bond acceptors (Lipinski definition) is 2. The summed E-state index contributed by atoms with van der Waals surface area (Å²) in [7, 11) is 0. The average molecular weight is 322 g/mol. The highest BCUT2D eigenvalue weighted by Crippen LogP contribution is 2.45. The van der Waals surface area contributed by atoms with E-state index in [1.165, 1.54) is 39.9 Å². The molecule has 120 valence electrons. The molecule has 2 heteroatoms. The average Bonchev–Trinajstić information content (AvgIpc) is 3.25. The summed E-state index contributed by atoms with van der Waals surface area (Å²) in [5.41, 5.74) is 11.6. The van der Waals surface area contributed by atoms with Crippen molar-refractivity contribution in [2.75, 3.05) is 0 Å². The van der Waals surface area contributed by atoms with E-state index in [9.17, 15) is 5.26 Å². The minimum Gasteiger partial charge on any atom is -0.252 e. The first kappa shape index (κ1) is 14.4. The normalized spacial score (nSPS) is 13.9. The predicted molar refractivity (Wildman–Crippen MR) is 99.3 cm³/mol. The Morgan fingerprint density at radius 1 is 0.920 bits per heavy atom. The quantitative estimate of drug-likeness (QED) is 0.527. The smallest absolute Gasteiger partial charge is 0.0743 e. The van der Waals surface area contributed by atoms with Crippen molar-refractivity contribution in [2.24, 2.45) is 0 Å². The minimum absolute atomic E-state index is 0.434. The Morgan fingerprint density at radius 2 is 1.68 bits per heavy atom. The molecule has 25 heavy (non-hydrogen) atoms. The molecule has 0 bridgehead atoms. The Labute approximate surface area is 147 Å². The first-order valence-corrected chi connectivity index (χ1v) is 8.95. The topological polar surface area (TPSA) is 36.7 Å². The monoisotopic (exact) mass is 322 g/mol. The minimum atomic E-state index is 0.434. The molecule has 1 heterocycles. The summed E-state index contributed by atoms with van der Waals surface area (Å²) in [6, 6.07) is 19.3. The third-order valence-electron chi connectivity index (χ3n) is 5.53. The van der Waals surface area contributed by atoms with Crippen molar-refractivity contribution in [1.29, 1.82) is 5.26 Å². The largest absolute Gasteiger partial charge is 0.252 e. The number of nitriles is 1. The van der Waals surface area contributed by atoms with E-state index in [1.807, 2.05) is 6.07 Å². The van der Waals surface area contributed by atoms with Gasteiger partial charge in [-0.1, -0.05) is 48.5 Å². The Balaban J connectivity index is 1.77. The third-order valence-corrected chi connectivity index (χ3v) is 5.53. The zero-order chi connectivity index (χ0) is 16.8. The summed E-state index contributed by atoms with van der Waals surface area (Å²) in [4.78, 5) is 5.14. The van der Waals surface area contributed by atoms with Crippen molar-refractivity contribution in [1.82, 2.24) is 4.98 Å². The lowest BCUT2D eigenvalue weighted by Gasteiger charge is -2.15. The van der Waals surface area contributed by atoms with Gasteiger partial charge in [0, 0.05) is 17.5 Å². The SMILES string of the molecule is N#CCc1ccccc1-c1nc2c(c3c1CCC3)-c1ccccc1C2. The molecule has 1 aromatic heterocycles. The van der Waals surface area contributed by atoms with E-state index >= 15 is 0 Å². The van der Waals surface area contributed by atoms with Crippen LogP contribution in [0.2, 0.25) is 0 Å². The molecule has 0 saturated heterocycles. The molecule has 0 amide bonds. The lowest BCUT2D eigenvalue weighted by Crippen LogP contribution is -2.01. The molecule has 0 spiro atoms. The fourth-order valence-corrected chi connectivity index (χ4v) is 4.47. The Morgan fingerprint density at radius 3 is 2.56 bits per heavy atom. The summed E-state index contributed by atoms with van der Waals surface area (Å²) in [6.07, 6.45) is 4.79. The molecule has 0 radical (unpaired) electrons. The van der Waals surface area contributed by atoms with Gasteiger partial charge in [-0.15, -0.1) is 0 Å². The maximum absolute atomic E-state index is 9.19. The molecule has 2 aliphatic rings. The van der Waals surface area contributed by atoms with Gasteiger partial charge in [0.25, 0.3) is 0 Å². The number of pyridine rings is 1. The van der Waals surface area contributed by atoms with E-state index in [1.54, 1.807) is 0 Å². The van der Waals surface area contributed by atoms with Crippen molar-refractivity contribution >= 4 is 0 Å². The maximum atomic E-state index is 9.19. The van der Waals surface area contributed by atoms with Gasteiger partial charge in [-0.2, -0.15) is 5.26 Å². The molecule has 0 unspecified atom stereocenters. The highest BCUT2D eigenvalue weighted by Gasteiger charge is 2.29. The van der Waals surface area contributed by atoms with Crippen LogP contribution in [0.5, 0.6) is 0 Å². The molecule has 0 fully saturated rings. The lowest BCUT2D eigenvalue weighted by atomic mass is 9.93. The molecule has 0 N–H and O–H groups in total. The van der Waals surface area contributed by atoms with Gasteiger partial charge in [0.05, 0.1) is 23.9 Å². The summed E-state index contributed by atoms with van der Waals surface area (Å²) in [6.45, 7) is 0. The van der Waals surface area contributed by atoms with Crippen LogP contribution in [-0.4, -0.2) is 4.98 Å². The van der Waals surface area contributed by atoms with Gasteiger partial charge in [0.1, 0.15) is 0 Å². The van der Waals surface area contributed by atoms with Gasteiger partial charge < -0.3 is 0 Å². The second-order valence-electron chi connectivity index (χ2n) is 6.92. The standard InChI is InChI=1S/C23H18N2/c24-13-12-15-6-1-4-9-18(15)23-20-11-5-10-19(20)22-17-8-3-2-7-16(17)14-21(22)25-23/h1-4,6-9H,5,10-12,14H2. The molecule has 0 saturated carbocycles. The Hall–Kier alpha value is -2.92. The van der Waals surface area contributed by atoms with Gasteiger partial charge in [0.15, 0.2) is 0 Å². The summed E-state index contributed by atoms with van der Waals surface area (Å²) >= 11 is 0. The molecule has 2 nitrogen and oxygen atoms in total. The van der Waals surface area contributed by atoms with Crippen molar-refractivity contribution in [3.05, 3.63) is 76.5 Å². The number of nitrogens with zero attached hydrogens (tertiary/aromatic N) is 2. The van der Waals surface area contributed by atoms with E-state index in [4.69, 9.17) is 4.98 Å². The van der Waals surface area contributed by atoms with Gasteiger partial charge in [-0.05, 0) is 47.1 Å². The second-order valence-corrected chi connectivity index (χ2v) is 6.92. The number of fused-ring (bicyclic) bond motifs is 5. The number of benzene rings is 2. The van der Waals surface area contributed by atoms with Crippen molar-refractivity contribution in [2.45, 2.75) is 32.1 Å². The first-order chi connectivity index (χ1) is 12.4. The zero-order valence-electron chi connectivity index (χ0n) is 14.0. The van der Waals surface area contributed by atoms with Crippen molar-refractivity contribution < 1.29 is 0 Å². The Kier molecular flexibility index (Phi) is 3.21. The van der Waals surface area contributed by atoms with Crippen molar-refractivity contribution in [3.63, 3.8) is 0 Å². The maximum Gasteiger partial charge on any atom is 0.0743 e. The molecular weight excluding hydrogens is 304 g/mol. The van der Waals surface area contributed by atoms with Gasteiger partial charge in [-0.3, -0.25) is 4.98 Å². The van der Waals surface area contributed by atoms with Crippen LogP contribution in [-0.2, 0) is 25.7 Å². The van der Waals surface area contributed by atoms with Crippen LogP contribution in [0.15, 0.2) is 48.5 Å². The van der Waals surface area contributed by atoms with E-state index in [0.717, 1.165) is 36.1 Å². The van der Waals surface area contributed by atoms with Crippen LogP contribution in [0.4, 0.5) is 0 Å². The third kappa shape index (κ3) is 2.13. The zero-order valence-corrected chi connectivity index (χ0v) is 14.0. The van der Waals surface area contributed by atoms with E-state index < -0.39 is 0 Å². The fourth-order valence-electron chi connectivity index (χ4n) is 4.47. The first-order valence-electron chi connectivity index (χ1n) is 8.95. The highest BCUT2D eigenvalue weighted by molar-refractivity contribution is 5.83. The van der Waals surface area contributed by atoms with Crippen LogP contribution in [0.1, 0.15) is 34.4 Å². The molecule has 2 aromatic carbocycles. The number of rotatable bonds is 2. The predicted octanol–water partition coefficient (Wildman–Crippen LogP) is 4.87. The van der Waals surface area contributed by atoms with Gasteiger partial charge in [-0.25, -0.2) is 0 Å². The van der Waals surface area contributed by atoms with Crippen LogP contribution in [0.3, 0.4) is 0 Å². The lowest BCUT2D eigenvalue weighted by molar-refractivity contribution is 0.912. The van der Waals surface area contributed by atoms with Crippen molar-refractivity contribution in [3.8, 4) is 28.5 Å². The Bertz CT molecular complexity index is 1040. The molecule has 2 aliphatic carbocycles. The summed E-state index contributed by atoms with van der Waals surface area (Å²) in [5.74, 6) is 0. The van der Waals surface area contributed by atoms with E-state index in [2.05, 4.69) is 48.5 Å². The summed E-state index contributed by atoms with van der Waals surface area (Å²) in [5, 5.41) is 9.19. The number of hydrogen-bond donors (Lipinski definition) is 0. The van der Waals surface area contributed by atoms with E-state index in [-0.39, 0.29) is 0 Å². The van der Waals surface area contributed by atoms with Crippen LogP contribution in [0, 0.1) is 11.3 Å². The number of aromatic nitrogens is 1. The van der Waals surface area contributed by atoms with Crippen LogP contribution in [0.25, 0.3) is 22.4 Å². The second kappa shape index (κ2) is 5.57. The molecule has 0 aliphatic heterocycles. The molecule has 5 rings (SSSR count). The molecular formula is C23H18N2. The molecule has 3 aromatic rings. The van der Waals surface area contributed by atoms with Gasteiger partial charge >= 0.3 is 0 Å². The van der Waals surface area contributed by atoms with Crippen LogP contribution < -0.4 is 0 Å². The highest BCUT2D eigenvalue weighted by atomic mass is 14.7.